The van der Waals surface area contributed by atoms with Crippen LogP contribution in [-0.4, -0.2) is 24.2 Å². The molecule has 0 N–H and O–H groups in total. The number of alkyl halides is 1. The van der Waals surface area contributed by atoms with Gasteiger partial charge in [0.15, 0.2) is 0 Å². The molecule has 1 rings (SSSR count). The van der Waals surface area contributed by atoms with Gasteiger partial charge in [-0.15, -0.1) is 11.6 Å². The zero-order valence-corrected chi connectivity index (χ0v) is 7.75. The van der Waals surface area contributed by atoms with Gasteiger partial charge in [0.05, 0.1) is 0 Å². The molecular formula is C7H13ClOS. The Hall–Kier alpha value is 0.310. The third-order valence-electron chi connectivity index (χ3n) is 1.46. The van der Waals surface area contributed by atoms with Crippen LogP contribution in [0.3, 0.4) is 0 Å². The summed E-state index contributed by atoms with van der Waals surface area (Å²) in [6, 6.07) is 0. The third kappa shape index (κ3) is 4.18. The van der Waals surface area contributed by atoms with Gasteiger partial charge < -0.3 is 4.79 Å². The summed E-state index contributed by atoms with van der Waals surface area (Å²) in [4.78, 5) is 10.2. The van der Waals surface area contributed by atoms with E-state index in [-0.39, 0.29) is 0 Å². The van der Waals surface area contributed by atoms with Crippen LogP contribution in [0.15, 0.2) is 0 Å². The number of carbonyl (C=O) groups excluding carboxylic acids is 1. The second-order valence-corrected chi connectivity index (χ2v) is 3.31. The van der Waals surface area contributed by atoms with Gasteiger partial charge >= 0.3 is 0 Å². The maximum atomic E-state index is 10.2. The standard InChI is InChI=1S/C6H10OS.CH3Cl/c7-5-6-1-3-8-4-2-6;1-2/h5-6H,1-4H2;1H3. The maximum Gasteiger partial charge on any atom is 0.123 e. The summed E-state index contributed by atoms with van der Waals surface area (Å²) in [5.41, 5.74) is 0. The minimum absolute atomic E-state index is 0.385. The van der Waals surface area contributed by atoms with E-state index in [4.69, 9.17) is 0 Å². The van der Waals surface area contributed by atoms with Crippen molar-refractivity contribution in [2.24, 2.45) is 5.92 Å². The van der Waals surface area contributed by atoms with Crippen molar-refractivity contribution in [3.8, 4) is 0 Å². The van der Waals surface area contributed by atoms with Gasteiger partial charge in [0, 0.05) is 12.3 Å². The van der Waals surface area contributed by atoms with Crippen molar-refractivity contribution in [1.82, 2.24) is 0 Å². The Morgan fingerprint density at radius 2 is 1.90 bits per heavy atom. The van der Waals surface area contributed by atoms with Crippen LogP contribution in [-0.2, 0) is 4.79 Å². The molecule has 3 heteroatoms. The average molecular weight is 181 g/mol. The molecule has 1 heterocycles. The lowest BCUT2D eigenvalue weighted by molar-refractivity contribution is -0.111. The van der Waals surface area contributed by atoms with Crippen molar-refractivity contribution in [2.75, 3.05) is 17.9 Å². The summed E-state index contributed by atoms with van der Waals surface area (Å²) in [6.45, 7) is 0. The highest BCUT2D eigenvalue weighted by Crippen LogP contribution is 2.20. The van der Waals surface area contributed by atoms with Crippen LogP contribution < -0.4 is 0 Å². The van der Waals surface area contributed by atoms with Gasteiger partial charge in [0.1, 0.15) is 6.29 Å². The molecule has 1 nitrogen and oxygen atoms in total. The van der Waals surface area contributed by atoms with Crippen LogP contribution >= 0.6 is 23.4 Å². The molecule has 1 saturated heterocycles. The summed E-state index contributed by atoms with van der Waals surface area (Å²) in [6.07, 6.45) is 4.78. The fourth-order valence-corrected chi connectivity index (χ4v) is 1.99. The molecular weight excluding hydrogens is 168 g/mol. The van der Waals surface area contributed by atoms with E-state index in [1.165, 1.54) is 17.9 Å². The third-order valence-corrected chi connectivity index (χ3v) is 2.51. The van der Waals surface area contributed by atoms with Crippen LogP contribution in [0.4, 0.5) is 0 Å². The quantitative estimate of drug-likeness (QED) is 0.455. The Labute approximate surface area is 71.5 Å². The molecule has 60 valence electrons. The summed E-state index contributed by atoms with van der Waals surface area (Å²) in [5, 5.41) is 0. The fourth-order valence-electron chi connectivity index (χ4n) is 0.852. The molecule has 1 aliphatic rings. The molecule has 0 aromatic rings. The molecule has 1 aliphatic heterocycles. The predicted molar refractivity (Wildman–Crippen MR) is 47.9 cm³/mol. The highest BCUT2D eigenvalue weighted by atomic mass is 35.5. The molecule has 0 radical (unpaired) electrons. The number of halogens is 1. The number of carbonyl (C=O) groups is 1. The number of rotatable bonds is 1. The first kappa shape index (κ1) is 10.3. The molecule has 0 spiro atoms. The largest absolute Gasteiger partial charge is 0.303 e. The van der Waals surface area contributed by atoms with Crippen LogP contribution in [0.5, 0.6) is 0 Å². The molecule has 0 aromatic carbocycles. The van der Waals surface area contributed by atoms with Crippen LogP contribution in [0.25, 0.3) is 0 Å². The molecule has 0 aliphatic carbocycles. The van der Waals surface area contributed by atoms with E-state index in [1.54, 1.807) is 0 Å². The van der Waals surface area contributed by atoms with E-state index in [9.17, 15) is 4.79 Å². The van der Waals surface area contributed by atoms with Crippen LogP contribution in [0.2, 0.25) is 0 Å². The Bertz CT molecular complexity index is 81.7. The lowest BCUT2D eigenvalue weighted by Gasteiger charge is -2.14. The lowest BCUT2D eigenvalue weighted by Crippen LogP contribution is -2.09. The fraction of sp³-hybridized carbons (Fsp3) is 0.857. The van der Waals surface area contributed by atoms with Gasteiger partial charge in [0.2, 0.25) is 0 Å². The van der Waals surface area contributed by atoms with E-state index < -0.39 is 0 Å². The number of aldehydes is 1. The zero-order valence-electron chi connectivity index (χ0n) is 6.18. The second-order valence-electron chi connectivity index (χ2n) is 2.09. The van der Waals surface area contributed by atoms with E-state index in [0.717, 1.165) is 19.1 Å². The SMILES string of the molecule is CCl.O=CC1CCSCC1. The smallest absolute Gasteiger partial charge is 0.123 e. The Balaban J connectivity index is 0.000000371. The van der Waals surface area contributed by atoms with Crippen molar-refractivity contribution in [3.05, 3.63) is 0 Å². The normalized spacial score (nSPS) is 19.0. The van der Waals surface area contributed by atoms with E-state index >= 15 is 0 Å². The topological polar surface area (TPSA) is 17.1 Å². The Morgan fingerprint density at radius 3 is 2.20 bits per heavy atom. The van der Waals surface area contributed by atoms with Crippen molar-refractivity contribution >= 4 is 29.6 Å². The first-order chi connectivity index (χ1) is 4.93. The molecule has 0 aromatic heterocycles. The molecule has 0 atom stereocenters. The summed E-state index contributed by atoms with van der Waals surface area (Å²) in [7, 11) is 0. The predicted octanol–water partition coefficient (Wildman–Crippen LogP) is 2.18. The molecule has 0 unspecified atom stereocenters. The Kier molecular flexibility index (Phi) is 7.65. The van der Waals surface area contributed by atoms with Gasteiger partial charge in [0.25, 0.3) is 0 Å². The number of hydrogen-bond acceptors (Lipinski definition) is 2. The zero-order chi connectivity index (χ0) is 7.82. The van der Waals surface area contributed by atoms with E-state index in [2.05, 4.69) is 11.6 Å². The van der Waals surface area contributed by atoms with Gasteiger partial charge in [-0.05, 0) is 24.3 Å². The summed E-state index contributed by atoms with van der Waals surface area (Å²) < 4.78 is 0. The minimum Gasteiger partial charge on any atom is -0.303 e. The number of thioether (sulfide) groups is 1. The molecule has 10 heavy (non-hydrogen) atoms. The van der Waals surface area contributed by atoms with Crippen molar-refractivity contribution in [1.29, 1.82) is 0 Å². The monoisotopic (exact) mass is 180 g/mol. The Morgan fingerprint density at radius 1 is 1.40 bits per heavy atom. The lowest BCUT2D eigenvalue weighted by atomic mass is 10.1. The first-order valence-corrected chi connectivity index (χ1v) is 5.25. The van der Waals surface area contributed by atoms with Gasteiger partial charge in [-0.2, -0.15) is 11.8 Å². The van der Waals surface area contributed by atoms with Gasteiger partial charge in [-0.25, -0.2) is 0 Å². The van der Waals surface area contributed by atoms with Crippen LogP contribution in [0.1, 0.15) is 12.8 Å². The molecule has 1 fully saturated rings. The van der Waals surface area contributed by atoms with Crippen molar-refractivity contribution < 1.29 is 4.79 Å². The highest BCUT2D eigenvalue weighted by Gasteiger charge is 2.10. The molecule has 0 amide bonds. The average Bonchev–Trinajstić information content (AvgIpc) is 2.10. The first-order valence-electron chi connectivity index (χ1n) is 3.34. The summed E-state index contributed by atoms with van der Waals surface area (Å²) in [5.74, 6) is 2.75. The van der Waals surface area contributed by atoms with E-state index in [1.807, 2.05) is 11.8 Å². The van der Waals surface area contributed by atoms with E-state index in [0.29, 0.717) is 5.92 Å². The van der Waals surface area contributed by atoms with Gasteiger partial charge in [-0.3, -0.25) is 0 Å². The van der Waals surface area contributed by atoms with Crippen LogP contribution in [0, 0.1) is 5.92 Å². The van der Waals surface area contributed by atoms with Gasteiger partial charge in [-0.1, -0.05) is 0 Å². The highest BCUT2D eigenvalue weighted by molar-refractivity contribution is 7.99. The minimum atomic E-state index is 0.385. The maximum absolute atomic E-state index is 10.2. The number of hydrogen-bond donors (Lipinski definition) is 0. The van der Waals surface area contributed by atoms with Crippen molar-refractivity contribution in [2.45, 2.75) is 12.8 Å². The second kappa shape index (κ2) is 7.42. The van der Waals surface area contributed by atoms with Crippen molar-refractivity contribution in [3.63, 3.8) is 0 Å². The summed E-state index contributed by atoms with van der Waals surface area (Å²) >= 11 is 6.59. The molecule has 0 bridgehead atoms. The molecule has 0 saturated carbocycles.